The van der Waals surface area contributed by atoms with Gasteiger partial charge in [-0.25, -0.2) is 13.8 Å². The molecule has 3 rings (SSSR count). The largest absolute Gasteiger partial charge is 0.310 e. The van der Waals surface area contributed by atoms with Gasteiger partial charge in [-0.3, -0.25) is 9.59 Å². The van der Waals surface area contributed by atoms with E-state index in [1.807, 2.05) is 0 Å². The second-order valence-electron chi connectivity index (χ2n) is 5.10. The zero-order chi connectivity index (χ0) is 17.3. The van der Waals surface area contributed by atoms with Crippen LogP contribution < -0.4 is 10.9 Å². The Morgan fingerprint density at radius 2 is 2.17 bits per heavy atom. The zero-order valence-corrected chi connectivity index (χ0v) is 13.0. The number of hydrogen-bond acceptors (Lipinski definition) is 4. The van der Waals surface area contributed by atoms with Gasteiger partial charge in [-0.1, -0.05) is 23.7 Å². The van der Waals surface area contributed by atoms with Crippen molar-refractivity contribution in [2.75, 3.05) is 11.1 Å². The Kier molecular flexibility index (Phi) is 4.36. The smallest absolute Gasteiger partial charge is 0.257 e. The molecule has 24 heavy (non-hydrogen) atoms. The van der Waals surface area contributed by atoms with Crippen LogP contribution >= 0.6 is 11.8 Å². The van der Waals surface area contributed by atoms with E-state index in [-0.39, 0.29) is 28.5 Å². The van der Waals surface area contributed by atoms with Gasteiger partial charge in [0.15, 0.2) is 5.16 Å². The van der Waals surface area contributed by atoms with Crippen molar-refractivity contribution in [3.05, 3.63) is 51.3 Å². The average Bonchev–Trinajstić information content (AvgIpc) is 2.51. The molecule has 0 saturated heterocycles. The Morgan fingerprint density at radius 3 is 2.88 bits per heavy atom. The fraction of sp³-hybridized carbons (Fsp3) is 0.188. The SMILES string of the molecule is C#CCSc1nc2c(c(=O)[nH]1)C(c1ccc(F)cc1F)CC(=O)N2. The standard InChI is InChI=1S/C16H11F2N3O2S/c1-2-5-24-16-20-14-13(15(23)21-16)10(7-12(22)19-14)9-4-3-8(17)6-11(9)18/h1,3-4,6,10H,5,7H2,(H2,19,20,21,22,23). The van der Waals surface area contributed by atoms with Gasteiger partial charge >= 0.3 is 0 Å². The number of nitrogens with one attached hydrogen (secondary N) is 2. The highest BCUT2D eigenvalue weighted by atomic mass is 32.2. The summed E-state index contributed by atoms with van der Waals surface area (Å²) < 4.78 is 27.2. The number of nitrogens with zero attached hydrogens (tertiary/aromatic N) is 1. The average molecular weight is 347 g/mol. The number of carbonyl (C=O) groups excluding carboxylic acids is 1. The number of terminal acetylenes is 1. The lowest BCUT2D eigenvalue weighted by Crippen LogP contribution is -2.31. The van der Waals surface area contributed by atoms with Crippen LogP contribution in [-0.4, -0.2) is 21.6 Å². The Labute approximate surface area is 139 Å². The summed E-state index contributed by atoms with van der Waals surface area (Å²) in [5, 5.41) is 2.78. The molecule has 122 valence electrons. The van der Waals surface area contributed by atoms with Crippen molar-refractivity contribution in [1.29, 1.82) is 0 Å². The van der Waals surface area contributed by atoms with Crippen molar-refractivity contribution in [3.63, 3.8) is 0 Å². The minimum Gasteiger partial charge on any atom is -0.310 e. The van der Waals surface area contributed by atoms with E-state index in [0.29, 0.717) is 5.75 Å². The van der Waals surface area contributed by atoms with E-state index in [0.717, 1.165) is 23.9 Å². The lowest BCUT2D eigenvalue weighted by Gasteiger charge is -2.24. The number of halogens is 2. The molecule has 0 bridgehead atoms. The van der Waals surface area contributed by atoms with E-state index in [9.17, 15) is 18.4 Å². The van der Waals surface area contributed by atoms with E-state index in [1.165, 1.54) is 6.07 Å². The number of fused-ring (bicyclic) bond motifs is 1. The summed E-state index contributed by atoms with van der Waals surface area (Å²) in [6.07, 6.45) is 5.04. The highest BCUT2D eigenvalue weighted by Gasteiger charge is 2.32. The molecule has 1 aliphatic rings. The van der Waals surface area contributed by atoms with Crippen LogP contribution in [0.1, 0.15) is 23.5 Å². The predicted molar refractivity (Wildman–Crippen MR) is 85.9 cm³/mol. The third kappa shape index (κ3) is 3.03. The summed E-state index contributed by atoms with van der Waals surface area (Å²) in [5.74, 6) is -0.0122. The molecule has 2 heterocycles. The molecule has 1 aromatic heterocycles. The zero-order valence-electron chi connectivity index (χ0n) is 12.2. The van der Waals surface area contributed by atoms with E-state index in [1.54, 1.807) is 0 Å². The van der Waals surface area contributed by atoms with Crippen molar-refractivity contribution in [2.24, 2.45) is 0 Å². The molecule has 2 aromatic rings. The number of benzene rings is 1. The van der Waals surface area contributed by atoms with Crippen molar-refractivity contribution < 1.29 is 13.6 Å². The highest BCUT2D eigenvalue weighted by Crippen LogP contribution is 2.35. The minimum atomic E-state index is -0.836. The molecule has 0 spiro atoms. The number of anilines is 1. The first-order valence-corrected chi connectivity index (χ1v) is 7.93. The maximum absolute atomic E-state index is 14.1. The van der Waals surface area contributed by atoms with Crippen LogP contribution in [0.3, 0.4) is 0 Å². The molecule has 1 aliphatic heterocycles. The van der Waals surface area contributed by atoms with Gasteiger partial charge in [0.1, 0.15) is 17.5 Å². The molecular weight excluding hydrogens is 336 g/mol. The molecule has 8 heteroatoms. The molecule has 1 atom stereocenters. The number of thioether (sulfide) groups is 1. The fourth-order valence-electron chi connectivity index (χ4n) is 2.58. The van der Waals surface area contributed by atoms with Crippen LogP contribution in [-0.2, 0) is 4.79 Å². The second kappa shape index (κ2) is 6.45. The molecule has 1 aromatic carbocycles. The van der Waals surface area contributed by atoms with Gasteiger partial charge < -0.3 is 10.3 Å². The first-order valence-electron chi connectivity index (χ1n) is 6.95. The number of carbonyl (C=O) groups is 1. The second-order valence-corrected chi connectivity index (χ2v) is 6.06. The number of H-pyrrole nitrogens is 1. The molecule has 0 radical (unpaired) electrons. The molecular formula is C16H11F2N3O2S. The Balaban J connectivity index is 2.11. The Bertz CT molecular complexity index is 921. The lowest BCUT2D eigenvalue weighted by molar-refractivity contribution is -0.116. The molecule has 1 amide bonds. The fourth-order valence-corrected chi connectivity index (χ4v) is 3.12. The number of amides is 1. The minimum absolute atomic E-state index is 0.0725. The Morgan fingerprint density at radius 1 is 1.38 bits per heavy atom. The first kappa shape index (κ1) is 16.2. The molecule has 2 N–H and O–H groups in total. The number of rotatable bonds is 3. The maximum atomic E-state index is 14.1. The number of aromatic nitrogens is 2. The van der Waals surface area contributed by atoms with Crippen LogP contribution in [0.25, 0.3) is 0 Å². The third-order valence-electron chi connectivity index (χ3n) is 3.56. The van der Waals surface area contributed by atoms with Crippen molar-refractivity contribution in [1.82, 2.24) is 9.97 Å². The molecule has 1 unspecified atom stereocenters. The third-order valence-corrected chi connectivity index (χ3v) is 4.34. The van der Waals surface area contributed by atoms with Gasteiger partial charge in [0.05, 0.1) is 11.3 Å². The normalized spacial score (nSPS) is 16.2. The summed E-state index contributed by atoms with van der Waals surface area (Å²) in [6.45, 7) is 0. The van der Waals surface area contributed by atoms with Gasteiger partial charge in [-0.05, 0) is 11.6 Å². The number of hydrogen-bond donors (Lipinski definition) is 2. The van der Waals surface area contributed by atoms with Crippen LogP contribution in [0, 0.1) is 24.0 Å². The van der Waals surface area contributed by atoms with E-state index in [2.05, 4.69) is 21.2 Å². The van der Waals surface area contributed by atoms with Crippen LogP contribution in [0.2, 0.25) is 0 Å². The highest BCUT2D eigenvalue weighted by molar-refractivity contribution is 7.99. The van der Waals surface area contributed by atoms with Crippen molar-refractivity contribution >= 4 is 23.5 Å². The van der Waals surface area contributed by atoms with Gasteiger partial charge in [-0.15, -0.1) is 6.42 Å². The van der Waals surface area contributed by atoms with E-state index >= 15 is 0 Å². The summed E-state index contributed by atoms with van der Waals surface area (Å²) in [7, 11) is 0. The van der Waals surface area contributed by atoms with E-state index < -0.39 is 29.0 Å². The van der Waals surface area contributed by atoms with Crippen molar-refractivity contribution in [2.45, 2.75) is 17.5 Å². The summed E-state index contributed by atoms with van der Waals surface area (Å²) >= 11 is 1.13. The van der Waals surface area contributed by atoms with E-state index in [4.69, 9.17) is 6.42 Å². The topological polar surface area (TPSA) is 74.8 Å². The van der Waals surface area contributed by atoms with Gasteiger partial charge in [0.25, 0.3) is 5.56 Å². The van der Waals surface area contributed by atoms with Gasteiger partial charge in [-0.2, -0.15) is 0 Å². The van der Waals surface area contributed by atoms with Crippen molar-refractivity contribution in [3.8, 4) is 12.3 Å². The predicted octanol–water partition coefficient (Wildman–Crippen LogP) is 2.25. The van der Waals surface area contributed by atoms with Crippen LogP contribution in [0.5, 0.6) is 0 Å². The summed E-state index contributed by atoms with van der Waals surface area (Å²) in [4.78, 5) is 31.1. The summed E-state index contributed by atoms with van der Waals surface area (Å²) in [5.41, 5.74) is -0.276. The summed E-state index contributed by atoms with van der Waals surface area (Å²) in [6, 6.07) is 3.04. The monoisotopic (exact) mass is 347 g/mol. The van der Waals surface area contributed by atoms with Gasteiger partial charge in [0.2, 0.25) is 5.91 Å². The molecule has 0 aliphatic carbocycles. The van der Waals surface area contributed by atoms with Crippen LogP contribution in [0.15, 0.2) is 28.2 Å². The quantitative estimate of drug-likeness (QED) is 0.507. The molecule has 0 saturated carbocycles. The number of aromatic amines is 1. The molecule has 0 fully saturated rings. The maximum Gasteiger partial charge on any atom is 0.257 e. The Hall–Kier alpha value is -2.66. The first-order chi connectivity index (χ1) is 11.5. The molecule has 5 nitrogen and oxygen atoms in total. The lowest BCUT2D eigenvalue weighted by atomic mass is 9.86. The van der Waals surface area contributed by atoms with Gasteiger partial charge in [0, 0.05) is 18.4 Å². The van der Waals surface area contributed by atoms with Crippen LogP contribution in [0.4, 0.5) is 14.6 Å².